The highest BCUT2D eigenvalue weighted by Crippen LogP contribution is 2.29. The van der Waals surface area contributed by atoms with Gasteiger partial charge in [-0.3, -0.25) is 14.3 Å². The van der Waals surface area contributed by atoms with Gasteiger partial charge in [-0.25, -0.2) is 5.43 Å². The second-order valence-electron chi connectivity index (χ2n) is 7.11. The highest BCUT2D eigenvalue weighted by Gasteiger charge is 2.17. The molecule has 172 valence electrons. The monoisotopic (exact) mass is 492 g/mol. The zero-order valence-electron chi connectivity index (χ0n) is 18.5. The molecule has 0 saturated carbocycles. The normalized spacial score (nSPS) is 11.3. The molecule has 0 bridgehead atoms. The van der Waals surface area contributed by atoms with Crippen LogP contribution in [-0.2, 0) is 4.79 Å². The zero-order valence-corrected chi connectivity index (χ0v) is 20.0. The number of nitrogens with zero attached hydrogens (tertiary/aromatic N) is 5. The van der Waals surface area contributed by atoms with Crippen molar-refractivity contribution >= 4 is 35.0 Å². The highest BCUT2D eigenvalue weighted by molar-refractivity contribution is 7.99. The molecule has 4 aromatic rings. The minimum absolute atomic E-state index is 0.109. The first-order valence-electron chi connectivity index (χ1n) is 10.3. The van der Waals surface area contributed by atoms with E-state index in [1.54, 1.807) is 31.6 Å². The first kappa shape index (κ1) is 23.5. The molecule has 4 rings (SSSR count). The van der Waals surface area contributed by atoms with E-state index >= 15 is 0 Å². The number of nitrogens with one attached hydrogen (secondary N) is 1. The Hall–Kier alpha value is -3.69. The first-order chi connectivity index (χ1) is 16.5. The minimum atomic E-state index is -0.259. The van der Waals surface area contributed by atoms with Gasteiger partial charge in [-0.2, -0.15) is 5.10 Å². The number of amides is 1. The number of aromatic nitrogens is 4. The van der Waals surface area contributed by atoms with E-state index in [1.807, 2.05) is 60.0 Å². The third-order valence-corrected chi connectivity index (χ3v) is 6.01. The molecule has 2 heterocycles. The van der Waals surface area contributed by atoms with Gasteiger partial charge in [-0.05, 0) is 61.5 Å². The Morgan fingerprint density at radius 3 is 2.56 bits per heavy atom. The van der Waals surface area contributed by atoms with Crippen LogP contribution in [0.5, 0.6) is 5.75 Å². The molecule has 0 radical (unpaired) electrons. The molecule has 2 aromatic heterocycles. The third-order valence-electron chi connectivity index (χ3n) is 4.83. The topological polar surface area (TPSA) is 94.3 Å². The number of methoxy groups -OCH3 is 1. The van der Waals surface area contributed by atoms with Gasteiger partial charge in [0.15, 0.2) is 11.0 Å². The smallest absolute Gasteiger partial charge is 0.250 e. The number of hydrogen-bond acceptors (Lipinski definition) is 7. The molecule has 2 aromatic carbocycles. The SMILES string of the molecule is COc1ccc(-c2nnc(SCC(=O)NN=C(C)c3cccnc3)n2-c2ccc(Cl)cc2)cc1. The number of ether oxygens (including phenoxy) is 1. The van der Waals surface area contributed by atoms with Crippen molar-refractivity contribution < 1.29 is 9.53 Å². The van der Waals surface area contributed by atoms with Crippen molar-refractivity contribution in [3.8, 4) is 22.8 Å². The Morgan fingerprint density at radius 1 is 1.12 bits per heavy atom. The second-order valence-corrected chi connectivity index (χ2v) is 8.49. The maximum Gasteiger partial charge on any atom is 0.250 e. The summed E-state index contributed by atoms with van der Waals surface area (Å²) in [7, 11) is 1.62. The van der Waals surface area contributed by atoms with E-state index in [0.717, 1.165) is 22.6 Å². The molecule has 0 atom stereocenters. The number of carbonyl (C=O) groups is 1. The lowest BCUT2D eigenvalue weighted by atomic mass is 10.2. The Balaban J connectivity index is 1.54. The summed E-state index contributed by atoms with van der Waals surface area (Å²) in [6, 6.07) is 18.6. The van der Waals surface area contributed by atoms with Crippen molar-refractivity contribution in [2.75, 3.05) is 12.9 Å². The standard InChI is InChI=1S/C24H21ClN6O2S/c1-16(18-4-3-13-26-14-18)27-28-22(32)15-34-24-30-29-23(17-5-11-21(33-2)12-6-17)31(24)20-9-7-19(25)8-10-20/h3-14H,15H2,1-2H3,(H,28,32). The molecular weight excluding hydrogens is 472 g/mol. The van der Waals surface area contributed by atoms with Gasteiger partial charge in [0.1, 0.15) is 5.75 Å². The van der Waals surface area contributed by atoms with E-state index in [1.165, 1.54) is 11.8 Å². The van der Waals surface area contributed by atoms with Crippen molar-refractivity contribution in [1.82, 2.24) is 25.2 Å². The van der Waals surface area contributed by atoms with E-state index in [9.17, 15) is 4.79 Å². The molecule has 0 aliphatic rings. The van der Waals surface area contributed by atoms with E-state index in [4.69, 9.17) is 16.3 Å². The van der Waals surface area contributed by atoms with Crippen molar-refractivity contribution in [2.45, 2.75) is 12.1 Å². The maximum absolute atomic E-state index is 12.4. The summed E-state index contributed by atoms with van der Waals surface area (Å²) in [6.07, 6.45) is 3.37. The molecule has 0 fully saturated rings. The molecule has 0 saturated heterocycles. The number of halogens is 1. The quantitative estimate of drug-likeness (QED) is 0.219. The van der Waals surface area contributed by atoms with Crippen molar-refractivity contribution in [3.05, 3.63) is 83.6 Å². The van der Waals surface area contributed by atoms with Gasteiger partial charge in [0.2, 0.25) is 0 Å². The fourth-order valence-electron chi connectivity index (χ4n) is 3.06. The first-order valence-corrected chi connectivity index (χ1v) is 11.6. The number of carbonyl (C=O) groups excluding carboxylic acids is 1. The zero-order chi connectivity index (χ0) is 23.9. The number of thioether (sulfide) groups is 1. The molecule has 0 aliphatic heterocycles. The average Bonchev–Trinajstić information content (AvgIpc) is 3.31. The fraction of sp³-hybridized carbons (Fsp3) is 0.125. The number of hydrazone groups is 1. The van der Waals surface area contributed by atoms with Gasteiger partial charge < -0.3 is 4.74 Å². The molecule has 1 N–H and O–H groups in total. The molecular formula is C24H21ClN6O2S. The van der Waals surface area contributed by atoms with Gasteiger partial charge in [-0.15, -0.1) is 10.2 Å². The van der Waals surface area contributed by atoms with Crippen LogP contribution >= 0.6 is 23.4 Å². The van der Waals surface area contributed by atoms with Gasteiger partial charge in [-0.1, -0.05) is 29.4 Å². The van der Waals surface area contributed by atoms with Crippen LogP contribution in [0.25, 0.3) is 17.1 Å². The van der Waals surface area contributed by atoms with E-state index in [-0.39, 0.29) is 11.7 Å². The van der Waals surface area contributed by atoms with E-state index < -0.39 is 0 Å². The van der Waals surface area contributed by atoms with Crippen molar-refractivity contribution in [1.29, 1.82) is 0 Å². The molecule has 34 heavy (non-hydrogen) atoms. The lowest BCUT2D eigenvalue weighted by molar-refractivity contribution is -0.118. The van der Waals surface area contributed by atoms with Crippen molar-refractivity contribution in [3.63, 3.8) is 0 Å². The lowest BCUT2D eigenvalue weighted by Crippen LogP contribution is -2.21. The average molecular weight is 493 g/mol. The minimum Gasteiger partial charge on any atom is -0.497 e. The van der Waals surface area contributed by atoms with Crippen LogP contribution in [0.4, 0.5) is 0 Å². The summed E-state index contributed by atoms with van der Waals surface area (Å²) in [5.74, 6) is 1.23. The van der Waals surface area contributed by atoms with Gasteiger partial charge in [0.25, 0.3) is 5.91 Å². The summed E-state index contributed by atoms with van der Waals surface area (Å²) in [5, 5.41) is 14.1. The van der Waals surface area contributed by atoms with Gasteiger partial charge in [0, 0.05) is 34.2 Å². The Morgan fingerprint density at radius 2 is 1.88 bits per heavy atom. The summed E-state index contributed by atoms with van der Waals surface area (Å²) in [5.41, 5.74) is 5.77. The summed E-state index contributed by atoms with van der Waals surface area (Å²) in [6.45, 7) is 1.81. The molecule has 8 nitrogen and oxygen atoms in total. The number of benzene rings is 2. The van der Waals surface area contributed by atoms with Crippen LogP contribution in [0.3, 0.4) is 0 Å². The summed E-state index contributed by atoms with van der Waals surface area (Å²) < 4.78 is 7.14. The van der Waals surface area contributed by atoms with E-state index in [2.05, 4.69) is 25.7 Å². The summed E-state index contributed by atoms with van der Waals surface area (Å²) in [4.78, 5) is 16.5. The van der Waals surface area contributed by atoms with E-state index in [0.29, 0.717) is 21.7 Å². The van der Waals surface area contributed by atoms with Gasteiger partial charge >= 0.3 is 0 Å². The Bertz CT molecular complexity index is 1290. The van der Waals surface area contributed by atoms with Crippen LogP contribution in [0.2, 0.25) is 5.02 Å². The molecule has 0 spiro atoms. The predicted molar refractivity (Wildman–Crippen MR) is 134 cm³/mol. The maximum atomic E-state index is 12.4. The van der Waals surface area contributed by atoms with Crippen LogP contribution < -0.4 is 10.2 Å². The third kappa shape index (κ3) is 5.62. The largest absolute Gasteiger partial charge is 0.497 e. The number of pyridine rings is 1. The molecule has 1 amide bonds. The summed E-state index contributed by atoms with van der Waals surface area (Å²) >= 11 is 7.34. The lowest BCUT2D eigenvalue weighted by Gasteiger charge is -2.11. The molecule has 10 heteroatoms. The predicted octanol–water partition coefficient (Wildman–Crippen LogP) is 4.62. The molecule has 0 unspecified atom stereocenters. The Kier molecular flexibility index (Phi) is 7.56. The highest BCUT2D eigenvalue weighted by atomic mass is 35.5. The van der Waals surface area contributed by atoms with Gasteiger partial charge in [0.05, 0.1) is 18.6 Å². The van der Waals surface area contributed by atoms with Crippen molar-refractivity contribution in [2.24, 2.45) is 5.10 Å². The number of rotatable bonds is 8. The van der Waals surface area contributed by atoms with Crippen LogP contribution in [0.15, 0.2) is 83.3 Å². The molecule has 0 aliphatic carbocycles. The van der Waals surface area contributed by atoms with Crippen LogP contribution in [0, 0.1) is 0 Å². The van der Waals surface area contributed by atoms with Crippen LogP contribution in [-0.4, -0.2) is 44.2 Å². The number of hydrogen-bond donors (Lipinski definition) is 1. The fourth-order valence-corrected chi connectivity index (χ4v) is 3.93. The Labute approximate surface area is 206 Å². The second kappa shape index (κ2) is 11.0. The van der Waals surface area contributed by atoms with Crippen LogP contribution in [0.1, 0.15) is 12.5 Å².